The lowest BCUT2D eigenvalue weighted by Crippen LogP contribution is -2.28. The van der Waals surface area contributed by atoms with Crippen LogP contribution in [0.4, 0.5) is 5.69 Å². The van der Waals surface area contributed by atoms with Crippen LogP contribution in [0, 0.1) is 0 Å². The molecule has 0 heterocycles. The Morgan fingerprint density at radius 1 is 0.900 bits per heavy atom. The molecule has 6 nitrogen and oxygen atoms in total. The summed E-state index contributed by atoms with van der Waals surface area (Å²) >= 11 is 0. The molecule has 0 bridgehead atoms. The molecular weight excluding hydrogens is 400 g/mol. The molecule has 1 amide bonds. The summed E-state index contributed by atoms with van der Waals surface area (Å²) in [5, 5.41) is 2.79. The molecule has 0 unspecified atom stereocenters. The second kappa shape index (κ2) is 10.0. The number of nitrogens with zero attached hydrogens (tertiary/aromatic N) is 1. The van der Waals surface area contributed by atoms with E-state index in [2.05, 4.69) is 5.32 Å². The minimum atomic E-state index is -3.65. The second-order valence-corrected chi connectivity index (χ2v) is 8.60. The van der Waals surface area contributed by atoms with Crippen molar-refractivity contribution >= 4 is 21.6 Å². The van der Waals surface area contributed by atoms with Gasteiger partial charge in [0.1, 0.15) is 0 Å². The highest BCUT2D eigenvalue weighted by atomic mass is 32.2. The smallest absolute Gasteiger partial charge is 0.264 e. The van der Waals surface area contributed by atoms with Gasteiger partial charge in [0, 0.05) is 19.2 Å². The molecule has 0 radical (unpaired) electrons. The molecule has 30 heavy (non-hydrogen) atoms. The lowest BCUT2D eigenvalue weighted by atomic mass is 10.2. The number of carbonyl (C=O) groups is 1. The first kappa shape index (κ1) is 21.5. The largest absolute Gasteiger partial charge is 0.375 e. The number of anilines is 1. The average molecular weight is 425 g/mol. The van der Waals surface area contributed by atoms with E-state index in [1.807, 2.05) is 30.3 Å². The van der Waals surface area contributed by atoms with Crippen LogP contribution in [0.1, 0.15) is 15.9 Å². The molecular formula is C23H24N2O4S. The topological polar surface area (TPSA) is 75.7 Å². The first-order chi connectivity index (χ1) is 14.5. The molecule has 3 aromatic carbocycles. The van der Waals surface area contributed by atoms with Crippen LogP contribution in [0.15, 0.2) is 89.8 Å². The zero-order valence-electron chi connectivity index (χ0n) is 16.7. The Morgan fingerprint density at radius 2 is 1.50 bits per heavy atom. The summed E-state index contributed by atoms with van der Waals surface area (Å²) in [6.45, 7) is 1.28. The molecule has 0 aromatic heterocycles. The number of nitrogens with one attached hydrogen (secondary N) is 1. The lowest BCUT2D eigenvalue weighted by molar-refractivity contribution is 0.0901. The Labute approximate surface area is 177 Å². The SMILES string of the molecule is CN(c1ccc(C(=O)NCCOCc2ccccc2)cc1)S(=O)(=O)c1ccccc1. The van der Waals surface area contributed by atoms with Crippen LogP contribution < -0.4 is 9.62 Å². The third-order valence-corrected chi connectivity index (χ3v) is 6.34. The lowest BCUT2D eigenvalue weighted by Gasteiger charge is -2.19. The van der Waals surface area contributed by atoms with Gasteiger partial charge in [-0.2, -0.15) is 0 Å². The monoisotopic (exact) mass is 424 g/mol. The normalized spacial score (nSPS) is 11.1. The number of carbonyl (C=O) groups excluding carboxylic acids is 1. The van der Waals surface area contributed by atoms with E-state index in [1.54, 1.807) is 54.6 Å². The molecule has 156 valence electrons. The molecule has 3 rings (SSSR count). The maximum absolute atomic E-state index is 12.7. The number of benzene rings is 3. The zero-order valence-corrected chi connectivity index (χ0v) is 17.5. The first-order valence-electron chi connectivity index (χ1n) is 9.52. The van der Waals surface area contributed by atoms with Crippen molar-refractivity contribution in [1.82, 2.24) is 5.32 Å². The summed E-state index contributed by atoms with van der Waals surface area (Å²) in [5.74, 6) is -0.238. The van der Waals surface area contributed by atoms with Crippen molar-refractivity contribution in [2.75, 3.05) is 24.5 Å². The van der Waals surface area contributed by atoms with Gasteiger partial charge in [0.15, 0.2) is 0 Å². The molecule has 0 spiro atoms. The molecule has 0 atom stereocenters. The fraction of sp³-hybridized carbons (Fsp3) is 0.174. The van der Waals surface area contributed by atoms with Crippen molar-refractivity contribution in [1.29, 1.82) is 0 Å². The molecule has 0 aliphatic rings. The molecule has 0 aliphatic carbocycles. The van der Waals surface area contributed by atoms with Crippen LogP contribution in [0.25, 0.3) is 0 Å². The Hall–Kier alpha value is -3.16. The molecule has 3 aromatic rings. The third-order valence-electron chi connectivity index (χ3n) is 4.54. The van der Waals surface area contributed by atoms with E-state index in [0.717, 1.165) is 5.56 Å². The average Bonchev–Trinajstić information content (AvgIpc) is 2.79. The van der Waals surface area contributed by atoms with E-state index in [-0.39, 0.29) is 10.8 Å². The van der Waals surface area contributed by atoms with Crippen molar-refractivity contribution in [3.8, 4) is 0 Å². The van der Waals surface area contributed by atoms with Crippen LogP contribution in [-0.2, 0) is 21.4 Å². The van der Waals surface area contributed by atoms with Crippen molar-refractivity contribution in [2.24, 2.45) is 0 Å². The summed E-state index contributed by atoms with van der Waals surface area (Å²) in [6.07, 6.45) is 0. The van der Waals surface area contributed by atoms with Gasteiger partial charge in [0.2, 0.25) is 0 Å². The van der Waals surface area contributed by atoms with Gasteiger partial charge in [-0.05, 0) is 42.0 Å². The van der Waals surface area contributed by atoms with Gasteiger partial charge in [0.25, 0.3) is 15.9 Å². The van der Waals surface area contributed by atoms with Crippen LogP contribution in [0.2, 0.25) is 0 Å². The number of amides is 1. The van der Waals surface area contributed by atoms with E-state index in [4.69, 9.17) is 4.74 Å². The predicted molar refractivity (Wildman–Crippen MR) is 117 cm³/mol. The van der Waals surface area contributed by atoms with Crippen LogP contribution in [0.5, 0.6) is 0 Å². The minimum Gasteiger partial charge on any atom is -0.375 e. The summed E-state index contributed by atoms with van der Waals surface area (Å²) in [6, 6.07) is 24.5. The second-order valence-electron chi connectivity index (χ2n) is 6.63. The minimum absolute atomic E-state index is 0.213. The molecule has 0 saturated carbocycles. The summed E-state index contributed by atoms with van der Waals surface area (Å²) in [7, 11) is -2.16. The number of hydrogen-bond acceptors (Lipinski definition) is 4. The summed E-state index contributed by atoms with van der Waals surface area (Å²) in [4.78, 5) is 12.5. The fourth-order valence-electron chi connectivity index (χ4n) is 2.82. The van der Waals surface area contributed by atoms with E-state index in [0.29, 0.717) is 31.0 Å². The Balaban J connectivity index is 1.51. The van der Waals surface area contributed by atoms with E-state index in [1.165, 1.54) is 11.4 Å². The fourth-order valence-corrected chi connectivity index (χ4v) is 4.03. The van der Waals surface area contributed by atoms with Crippen molar-refractivity contribution < 1.29 is 17.9 Å². The number of ether oxygens (including phenoxy) is 1. The van der Waals surface area contributed by atoms with E-state index < -0.39 is 10.0 Å². The van der Waals surface area contributed by atoms with Gasteiger partial charge < -0.3 is 10.1 Å². The number of hydrogen-bond donors (Lipinski definition) is 1. The number of sulfonamides is 1. The summed E-state index contributed by atoms with van der Waals surface area (Å²) < 4.78 is 32.1. The third kappa shape index (κ3) is 5.46. The number of rotatable bonds is 9. The quantitative estimate of drug-likeness (QED) is 0.534. The maximum Gasteiger partial charge on any atom is 0.264 e. The zero-order chi connectivity index (χ0) is 21.4. The van der Waals surface area contributed by atoms with E-state index in [9.17, 15) is 13.2 Å². The Bertz CT molecular complexity index is 1050. The van der Waals surface area contributed by atoms with Crippen LogP contribution >= 0.6 is 0 Å². The maximum atomic E-state index is 12.7. The van der Waals surface area contributed by atoms with Gasteiger partial charge in [-0.1, -0.05) is 48.5 Å². The van der Waals surface area contributed by atoms with Gasteiger partial charge in [0.05, 0.1) is 23.8 Å². The Kier molecular flexibility index (Phi) is 7.21. The van der Waals surface area contributed by atoms with Crippen LogP contribution in [0.3, 0.4) is 0 Å². The van der Waals surface area contributed by atoms with Crippen molar-refractivity contribution in [3.05, 3.63) is 96.1 Å². The van der Waals surface area contributed by atoms with Gasteiger partial charge in [-0.25, -0.2) is 8.42 Å². The van der Waals surface area contributed by atoms with Crippen LogP contribution in [-0.4, -0.2) is 34.5 Å². The highest BCUT2D eigenvalue weighted by Crippen LogP contribution is 2.22. The molecule has 0 aliphatic heterocycles. The van der Waals surface area contributed by atoms with Gasteiger partial charge >= 0.3 is 0 Å². The van der Waals surface area contributed by atoms with Gasteiger partial charge in [-0.15, -0.1) is 0 Å². The highest BCUT2D eigenvalue weighted by molar-refractivity contribution is 7.92. The summed E-state index contributed by atoms with van der Waals surface area (Å²) in [5.41, 5.74) is 2.00. The highest BCUT2D eigenvalue weighted by Gasteiger charge is 2.21. The molecule has 0 saturated heterocycles. The van der Waals surface area contributed by atoms with E-state index >= 15 is 0 Å². The molecule has 0 fully saturated rings. The first-order valence-corrected chi connectivity index (χ1v) is 11.0. The molecule has 7 heteroatoms. The predicted octanol–water partition coefficient (Wildman–Crippen LogP) is 3.46. The standard InChI is InChI=1S/C23H24N2O4S/c1-25(30(27,28)22-10-6-3-7-11-22)21-14-12-20(13-15-21)23(26)24-16-17-29-18-19-8-4-2-5-9-19/h2-15H,16-18H2,1H3,(H,24,26). The molecule has 1 N–H and O–H groups in total. The van der Waals surface area contributed by atoms with Crippen molar-refractivity contribution in [2.45, 2.75) is 11.5 Å². The van der Waals surface area contributed by atoms with Gasteiger partial charge in [-0.3, -0.25) is 9.10 Å². The Morgan fingerprint density at radius 3 is 2.13 bits per heavy atom. The van der Waals surface area contributed by atoms with Crippen molar-refractivity contribution in [3.63, 3.8) is 0 Å².